The molecule has 0 spiro atoms. The molecule has 1 radical (unpaired) electrons. The van der Waals surface area contributed by atoms with E-state index in [1.165, 1.54) is 6.42 Å². The molecule has 2 nitrogen and oxygen atoms in total. The summed E-state index contributed by atoms with van der Waals surface area (Å²) in [5, 5.41) is 0. The summed E-state index contributed by atoms with van der Waals surface area (Å²) < 4.78 is 0. The minimum Gasteiger partial charge on any atom is -0.294 e. The average molecular weight is 237 g/mol. The van der Waals surface area contributed by atoms with Crippen LogP contribution >= 0.6 is 0 Å². The largest absolute Gasteiger partial charge is 0.294 e. The van der Waals surface area contributed by atoms with E-state index in [0.29, 0.717) is 11.1 Å². The summed E-state index contributed by atoms with van der Waals surface area (Å²) in [6.45, 7) is 0. The van der Waals surface area contributed by atoms with Gasteiger partial charge in [0.15, 0.2) is 11.6 Å². The molecule has 2 rings (SSSR count). The van der Waals surface area contributed by atoms with E-state index in [9.17, 15) is 9.59 Å². The van der Waals surface area contributed by atoms with Gasteiger partial charge in [-0.25, -0.2) is 0 Å². The third-order valence-electron chi connectivity index (χ3n) is 2.63. The molecule has 0 aliphatic carbocycles. The molecule has 2 aromatic rings. The van der Waals surface area contributed by atoms with Crippen LogP contribution in [0, 0.1) is 6.42 Å². The summed E-state index contributed by atoms with van der Waals surface area (Å²) >= 11 is 0. The van der Waals surface area contributed by atoms with Gasteiger partial charge in [-0.2, -0.15) is 0 Å². The number of carbonyl (C=O) groups is 2. The number of rotatable bonds is 5. The lowest BCUT2D eigenvalue weighted by molar-refractivity contribution is 0.0956. The number of ketones is 2. The highest BCUT2D eigenvalue weighted by Gasteiger charge is 2.10. The third-order valence-corrected chi connectivity index (χ3v) is 2.63. The van der Waals surface area contributed by atoms with Crippen molar-refractivity contribution in [1.82, 2.24) is 0 Å². The summed E-state index contributed by atoms with van der Waals surface area (Å²) in [6, 6.07) is 17.9. The summed E-state index contributed by atoms with van der Waals surface area (Å²) in [6.07, 6.45) is 1.57. The maximum Gasteiger partial charge on any atom is 0.167 e. The Morgan fingerprint density at radius 3 is 1.83 bits per heavy atom. The van der Waals surface area contributed by atoms with Crippen LogP contribution in [0.4, 0.5) is 0 Å². The van der Waals surface area contributed by atoms with Gasteiger partial charge in [0, 0.05) is 24.0 Å². The Morgan fingerprint density at radius 1 is 0.778 bits per heavy atom. The number of benzene rings is 2. The second kappa shape index (κ2) is 5.92. The van der Waals surface area contributed by atoms with Crippen LogP contribution in [0.5, 0.6) is 0 Å². The Balaban J connectivity index is 1.93. The van der Waals surface area contributed by atoms with Crippen LogP contribution < -0.4 is 0 Å². The van der Waals surface area contributed by atoms with E-state index in [1.807, 2.05) is 24.3 Å². The van der Waals surface area contributed by atoms with Gasteiger partial charge >= 0.3 is 0 Å². The summed E-state index contributed by atoms with van der Waals surface area (Å²) in [7, 11) is 0. The van der Waals surface area contributed by atoms with Crippen molar-refractivity contribution < 1.29 is 9.59 Å². The zero-order chi connectivity index (χ0) is 12.8. The molecule has 2 heteroatoms. The van der Waals surface area contributed by atoms with Crippen molar-refractivity contribution in [2.45, 2.75) is 6.42 Å². The Kier molecular flexibility index (Phi) is 4.02. The van der Waals surface area contributed by atoms with Crippen molar-refractivity contribution in [1.29, 1.82) is 0 Å². The van der Waals surface area contributed by atoms with E-state index < -0.39 is 0 Å². The predicted octanol–water partition coefficient (Wildman–Crippen LogP) is 3.35. The minimum atomic E-state index is -0.111. The van der Waals surface area contributed by atoms with Gasteiger partial charge in [0.25, 0.3) is 0 Å². The lowest BCUT2D eigenvalue weighted by Gasteiger charge is -2.01. The van der Waals surface area contributed by atoms with Gasteiger partial charge in [-0.05, 0) is 0 Å². The normalized spacial score (nSPS) is 10.0. The lowest BCUT2D eigenvalue weighted by atomic mass is 10.0. The highest BCUT2D eigenvalue weighted by atomic mass is 16.1. The second-order valence-electron chi connectivity index (χ2n) is 3.93. The average Bonchev–Trinajstić information content (AvgIpc) is 2.46. The maximum absolute atomic E-state index is 11.8. The Morgan fingerprint density at radius 2 is 1.28 bits per heavy atom. The Bertz CT molecular complexity index is 478. The van der Waals surface area contributed by atoms with Gasteiger partial charge in [-0.1, -0.05) is 60.7 Å². The van der Waals surface area contributed by atoms with Crippen LogP contribution in [-0.4, -0.2) is 11.6 Å². The monoisotopic (exact) mass is 237 g/mol. The van der Waals surface area contributed by atoms with Crippen molar-refractivity contribution in [2.75, 3.05) is 0 Å². The van der Waals surface area contributed by atoms with Crippen molar-refractivity contribution in [3.05, 3.63) is 78.2 Å². The van der Waals surface area contributed by atoms with E-state index >= 15 is 0 Å². The van der Waals surface area contributed by atoms with Crippen LogP contribution in [0.15, 0.2) is 60.7 Å². The molecule has 0 saturated carbocycles. The number of Topliss-reactive ketones (excluding diaryl/α,β-unsaturated/α-hetero) is 2. The minimum absolute atomic E-state index is 0.0418. The molecule has 18 heavy (non-hydrogen) atoms. The molecule has 0 atom stereocenters. The molecule has 0 aliphatic heterocycles. The summed E-state index contributed by atoms with van der Waals surface area (Å²) in [5.41, 5.74) is 1.24. The molecule has 0 saturated heterocycles. The van der Waals surface area contributed by atoms with E-state index in [4.69, 9.17) is 0 Å². The molecule has 2 aromatic carbocycles. The quantitative estimate of drug-likeness (QED) is 0.747. The van der Waals surface area contributed by atoms with Gasteiger partial charge < -0.3 is 0 Å². The van der Waals surface area contributed by atoms with Gasteiger partial charge in [-0.15, -0.1) is 0 Å². The van der Waals surface area contributed by atoms with Crippen LogP contribution in [-0.2, 0) is 0 Å². The third kappa shape index (κ3) is 3.14. The molecule has 0 heterocycles. The first-order valence-electron chi connectivity index (χ1n) is 5.78. The lowest BCUT2D eigenvalue weighted by Crippen LogP contribution is -2.05. The fourth-order valence-electron chi connectivity index (χ4n) is 1.65. The second-order valence-corrected chi connectivity index (χ2v) is 3.93. The van der Waals surface area contributed by atoms with Gasteiger partial charge in [0.1, 0.15) is 0 Å². The summed E-state index contributed by atoms with van der Waals surface area (Å²) in [4.78, 5) is 23.6. The van der Waals surface area contributed by atoms with Crippen LogP contribution in [0.3, 0.4) is 0 Å². The first-order valence-corrected chi connectivity index (χ1v) is 5.78. The predicted molar refractivity (Wildman–Crippen MR) is 70.5 cm³/mol. The smallest absolute Gasteiger partial charge is 0.167 e. The molecule has 0 unspecified atom stereocenters. The Hall–Kier alpha value is -2.22. The zero-order valence-electron chi connectivity index (χ0n) is 9.87. The SMILES string of the molecule is O=C([CH]CC(=O)c1ccccc1)c1ccccc1. The van der Waals surface area contributed by atoms with E-state index in [2.05, 4.69) is 0 Å². The summed E-state index contributed by atoms with van der Waals surface area (Å²) in [5.74, 6) is -0.153. The standard InChI is InChI=1S/C16H13O2/c17-15(13-7-3-1-4-8-13)11-12-16(18)14-9-5-2-6-10-14/h1-11H,12H2. The number of carbonyl (C=O) groups excluding carboxylic acids is 2. The van der Waals surface area contributed by atoms with E-state index in [-0.39, 0.29) is 18.0 Å². The van der Waals surface area contributed by atoms with Gasteiger partial charge in [0.05, 0.1) is 0 Å². The molecule has 0 aliphatic rings. The highest BCUT2D eigenvalue weighted by Crippen LogP contribution is 2.08. The van der Waals surface area contributed by atoms with Crippen molar-refractivity contribution >= 4 is 11.6 Å². The molecule has 0 fully saturated rings. The van der Waals surface area contributed by atoms with Gasteiger partial charge in [-0.3, -0.25) is 9.59 Å². The first kappa shape index (κ1) is 12.2. The zero-order valence-corrected chi connectivity index (χ0v) is 9.87. The molecule has 0 N–H and O–H groups in total. The Labute approximate surface area is 106 Å². The maximum atomic E-state index is 11.8. The first-order chi connectivity index (χ1) is 8.77. The number of hydrogen-bond donors (Lipinski definition) is 0. The molecule has 0 amide bonds. The van der Waals surface area contributed by atoms with Crippen LogP contribution in [0.1, 0.15) is 27.1 Å². The fourth-order valence-corrected chi connectivity index (χ4v) is 1.65. The molecule has 89 valence electrons. The van der Waals surface area contributed by atoms with E-state index in [1.54, 1.807) is 36.4 Å². The molecular weight excluding hydrogens is 224 g/mol. The van der Waals surface area contributed by atoms with Gasteiger partial charge in [0.2, 0.25) is 0 Å². The van der Waals surface area contributed by atoms with Crippen LogP contribution in [0.2, 0.25) is 0 Å². The fraction of sp³-hybridized carbons (Fsp3) is 0.0625. The number of hydrogen-bond acceptors (Lipinski definition) is 2. The topological polar surface area (TPSA) is 34.1 Å². The van der Waals surface area contributed by atoms with Crippen molar-refractivity contribution in [2.24, 2.45) is 0 Å². The highest BCUT2D eigenvalue weighted by molar-refractivity contribution is 6.07. The molecule has 0 aromatic heterocycles. The van der Waals surface area contributed by atoms with Crippen molar-refractivity contribution in [3.63, 3.8) is 0 Å². The van der Waals surface area contributed by atoms with Crippen molar-refractivity contribution in [3.8, 4) is 0 Å². The van der Waals surface area contributed by atoms with E-state index in [0.717, 1.165) is 0 Å². The molecular formula is C16H13O2. The van der Waals surface area contributed by atoms with Crippen LogP contribution in [0.25, 0.3) is 0 Å². The molecule has 0 bridgehead atoms.